The number of hydrogen-bond acceptors (Lipinski definition) is 3. The minimum atomic E-state index is -0.852. The number of aliphatic carboxylic acids is 1. The fourth-order valence-corrected chi connectivity index (χ4v) is 2.51. The Morgan fingerprint density at radius 3 is 2.58 bits per heavy atom. The molecule has 2 unspecified atom stereocenters. The molecule has 2 N–H and O–H groups in total. The van der Waals surface area contributed by atoms with Crippen LogP contribution in [-0.4, -0.2) is 41.0 Å². The zero-order valence-corrected chi connectivity index (χ0v) is 10.9. The summed E-state index contributed by atoms with van der Waals surface area (Å²) >= 11 is 0. The molecule has 0 bridgehead atoms. The molecule has 102 valence electrons. The lowest BCUT2D eigenvalue weighted by Crippen LogP contribution is -2.41. The Morgan fingerprint density at radius 2 is 2.00 bits per heavy atom. The molecule has 0 radical (unpaired) electrons. The molecule has 1 aromatic rings. The number of carboxylic acid groups (broad SMARTS) is 1. The molecule has 0 saturated carbocycles. The summed E-state index contributed by atoms with van der Waals surface area (Å²) in [5.74, 6) is -1.57. The summed E-state index contributed by atoms with van der Waals surface area (Å²) in [6.07, 6.45) is 0. The van der Waals surface area contributed by atoms with Gasteiger partial charge in [0.05, 0.1) is 12.0 Å². The van der Waals surface area contributed by atoms with E-state index in [1.165, 1.54) is 6.92 Å². The van der Waals surface area contributed by atoms with Gasteiger partial charge in [0.1, 0.15) is 0 Å². The van der Waals surface area contributed by atoms with Crippen molar-refractivity contribution < 1.29 is 14.7 Å². The van der Waals surface area contributed by atoms with Gasteiger partial charge in [-0.1, -0.05) is 30.3 Å². The number of nitrogens with one attached hydrogen (secondary N) is 1. The van der Waals surface area contributed by atoms with Gasteiger partial charge in [-0.15, -0.1) is 0 Å². The van der Waals surface area contributed by atoms with Gasteiger partial charge in [-0.2, -0.15) is 0 Å². The number of carboxylic acids is 1. The second-order valence-corrected chi connectivity index (χ2v) is 4.93. The van der Waals surface area contributed by atoms with Gasteiger partial charge in [0, 0.05) is 26.6 Å². The third-order valence-corrected chi connectivity index (χ3v) is 3.35. The van der Waals surface area contributed by atoms with Crippen LogP contribution in [0.15, 0.2) is 30.3 Å². The van der Waals surface area contributed by atoms with Gasteiger partial charge in [0.15, 0.2) is 0 Å². The maximum Gasteiger partial charge on any atom is 0.309 e. The number of rotatable bonds is 4. The zero-order valence-electron chi connectivity index (χ0n) is 10.9. The average molecular weight is 262 g/mol. The zero-order chi connectivity index (χ0) is 13.8. The first-order chi connectivity index (χ1) is 9.06. The average Bonchev–Trinajstić information content (AvgIpc) is 2.72. The fraction of sp³-hybridized carbons (Fsp3) is 0.429. The van der Waals surface area contributed by atoms with Gasteiger partial charge < -0.3 is 10.4 Å². The third kappa shape index (κ3) is 3.54. The molecular formula is C14H18N2O3. The minimum Gasteiger partial charge on any atom is -0.481 e. The van der Waals surface area contributed by atoms with E-state index in [4.69, 9.17) is 0 Å². The lowest BCUT2D eigenvalue weighted by Gasteiger charge is -2.16. The maximum atomic E-state index is 11.2. The van der Waals surface area contributed by atoms with Crippen molar-refractivity contribution in [2.24, 2.45) is 5.92 Å². The molecule has 1 heterocycles. The Bertz CT molecular complexity index is 461. The van der Waals surface area contributed by atoms with Crippen LogP contribution in [0.3, 0.4) is 0 Å². The van der Waals surface area contributed by atoms with Crippen LogP contribution in [0.2, 0.25) is 0 Å². The number of benzene rings is 1. The number of carbonyl (C=O) groups excluding carboxylic acids is 1. The first-order valence-electron chi connectivity index (χ1n) is 6.32. The lowest BCUT2D eigenvalue weighted by molar-refractivity contribution is -0.142. The van der Waals surface area contributed by atoms with Crippen molar-refractivity contribution in [3.8, 4) is 0 Å². The van der Waals surface area contributed by atoms with Crippen molar-refractivity contribution in [3.05, 3.63) is 35.9 Å². The second-order valence-electron chi connectivity index (χ2n) is 4.93. The van der Waals surface area contributed by atoms with Crippen LogP contribution < -0.4 is 5.32 Å². The summed E-state index contributed by atoms with van der Waals surface area (Å²) in [5, 5.41) is 11.9. The first kappa shape index (κ1) is 13.5. The molecule has 1 fully saturated rings. The Labute approximate surface area is 112 Å². The largest absolute Gasteiger partial charge is 0.481 e. The predicted octanol–water partition coefficient (Wildman–Crippen LogP) is 0.708. The molecule has 2 atom stereocenters. The fourth-order valence-electron chi connectivity index (χ4n) is 2.51. The van der Waals surface area contributed by atoms with Crippen molar-refractivity contribution in [2.45, 2.75) is 19.5 Å². The highest BCUT2D eigenvalue weighted by Crippen LogP contribution is 2.19. The van der Waals surface area contributed by atoms with Crippen LogP contribution >= 0.6 is 0 Å². The number of amides is 1. The predicted molar refractivity (Wildman–Crippen MR) is 70.4 cm³/mol. The number of nitrogens with zero attached hydrogens (tertiary/aromatic N) is 1. The van der Waals surface area contributed by atoms with E-state index >= 15 is 0 Å². The first-order valence-corrected chi connectivity index (χ1v) is 6.32. The molecule has 19 heavy (non-hydrogen) atoms. The van der Waals surface area contributed by atoms with Gasteiger partial charge in [-0.3, -0.25) is 14.5 Å². The van der Waals surface area contributed by atoms with Crippen molar-refractivity contribution in [3.63, 3.8) is 0 Å². The summed E-state index contributed by atoms with van der Waals surface area (Å²) in [4.78, 5) is 24.4. The minimum absolute atomic E-state index is 0.183. The van der Waals surface area contributed by atoms with E-state index in [2.05, 4.69) is 10.2 Å². The van der Waals surface area contributed by atoms with E-state index in [-0.39, 0.29) is 11.9 Å². The molecule has 5 heteroatoms. The summed E-state index contributed by atoms with van der Waals surface area (Å²) < 4.78 is 0. The standard InChI is InChI=1S/C14H18N2O3/c1-10(17)15-13-9-16(8-12(13)14(18)19)7-11-5-3-2-4-6-11/h2-6,12-13H,7-9H2,1H3,(H,15,17)(H,18,19). The maximum absolute atomic E-state index is 11.2. The van der Waals surface area contributed by atoms with Gasteiger partial charge in [0.2, 0.25) is 5.91 Å². The Balaban J connectivity index is 2.01. The van der Waals surface area contributed by atoms with E-state index in [1.807, 2.05) is 30.3 Å². The van der Waals surface area contributed by atoms with Crippen LogP contribution in [0, 0.1) is 5.92 Å². The summed E-state index contributed by atoms with van der Waals surface area (Å²) in [6, 6.07) is 9.60. The van der Waals surface area contributed by atoms with Crippen LogP contribution in [0.25, 0.3) is 0 Å². The van der Waals surface area contributed by atoms with Gasteiger partial charge in [-0.25, -0.2) is 0 Å². The van der Waals surface area contributed by atoms with Crippen molar-refractivity contribution in [2.75, 3.05) is 13.1 Å². The normalized spacial score (nSPS) is 23.2. The molecule has 5 nitrogen and oxygen atoms in total. The number of carbonyl (C=O) groups is 2. The highest BCUT2D eigenvalue weighted by Gasteiger charge is 2.37. The van der Waals surface area contributed by atoms with Crippen LogP contribution in [0.1, 0.15) is 12.5 Å². The lowest BCUT2D eigenvalue weighted by atomic mass is 10.0. The van der Waals surface area contributed by atoms with Crippen molar-refractivity contribution in [1.29, 1.82) is 0 Å². The molecule has 1 aromatic carbocycles. The van der Waals surface area contributed by atoms with Gasteiger partial charge in [0.25, 0.3) is 0 Å². The van der Waals surface area contributed by atoms with Crippen molar-refractivity contribution in [1.82, 2.24) is 10.2 Å². The van der Waals surface area contributed by atoms with Crippen molar-refractivity contribution >= 4 is 11.9 Å². The number of likely N-dealkylation sites (tertiary alicyclic amines) is 1. The van der Waals surface area contributed by atoms with Gasteiger partial charge >= 0.3 is 5.97 Å². The molecule has 0 aliphatic carbocycles. The van der Waals surface area contributed by atoms with Crippen LogP contribution in [-0.2, 0) is 16.1 Å². The smallest absolute Gasteiger partial charge is 0.309 e. The second kappa shape index (κ2) is 5.84. The molecule has 1 amide bonds. The number of hydrogen-bond donors (Lipinski definition) is 2. The quantitative estimate of drug-likeness (QED) is 0.838. The topological polar surface area (TPSA) is 69.6 Å². The molecule has 1 aliphatic rings. The molecule has 0 spiro atoms. The van der Waals surface area contributed by atoms with Gasteiger partial charge in [-0.05, 0) is 5.56 Å². The summed E-state index contributed by atoms with van der Waals surface area (Å²) in [7, 11) is 0. The molecule has 0 aromatic heterocycles. The van der Waals surface area contributed by atoms with E-state index in [0.29, 0.717) is 19.6 Å². The molecule has 2 rings (SSSR count). The highest BCUT2D eigenvalue weighted by atomic mass is 16.4. The monoisotopic (exact) mass is 262 g/mol. The van der Waals surface area contributed by atoms with E-state index in [0.717, 1.165) is 5.56 Å². The summed E-state index contributed by atoms with van der Waals surface area (Å²) in [6.45, 7) is 3.17. The molecular weight excluding hydrogens is 244 g/mol. The van der Waals surface area contributed by atoms with E-state index in [9.17, 15) is 14.7 Å². The Hall–Kier alpha value is -1.88. The third-order valence-electron chi connectivity index (χ3n) is 3.35. The van der Waals surface area contributed by atoms with Crippen LogP contribution in [0.4, 0.5) is 0 Å². The summed E-state index contributed by atoms with van der Waals surface area (Å²) in [5.41, 5.74) is 1.15. The Morgan fingerprint density at radius 1 is 1.32 bits per heavy atom. The van der Waals surface area contributed by atoms with E-state index in [1.54, 1.807) is 0 Å². The highest BCUT2D eigenvalue weighted by molar-refractivity contribution is 5.76. The Kier molecular flexibility index (Phi) is 4.16. The van der Waals surface area contributed by atoms with Crippen LogP contribution in [0.5, 0.6) is 0 Å². The SMILES string of the molecule is CC(=O)NC1CN(Cc2ccccc2)CC1C(=O)O. The molecule has 1 saturated heterocycles. The molecule has 1 aliphatic heterocycles. The van der Waals surface area contributed by atoms with E-state index < -0.39 is 11.9 Å².